The molecule has 56 valence electrons. The molecule has 1 unspecified atom stereocenters. The van der Waals surface area contributed by atoms with Crippen molar-refractivity contribution in [3.8, 4) is 0 Å². The van der Waals surface area contributed by atoms with Crippen LogP contribution in [0.3, 0.4) is 0 Å². The minimum atomic E-state index is 0.613. The summed E-state index contributed by atoms with van der Waals surface area (Å²) in [5.74, 6) is 1.31. The van der Waals surface area contributed by atoms with Crippen LogP contribution in [0.25, 0.3) is 0 Å². The van der Waals surface area contributed by atoms with Crippen molar-refractivity contribution in [1.29, 1.82) is 0 Å². The van der Waals surface area contributed by atoms with Gasteiger partial charge in [-0.1, -0.05) is 37.6 Å². The van der Waals surface area contributed by atoms with Gasteiger partial charge in [0.1, 0.15) is 0 Å². The van der Waals surface area contributed by atoms with Gasteiger partial charge in [0.2, 0.25) is 0 Å². The molecule has 1 aliphatic rings. The van der Waals surface area contributed by atoms with E-state index >= 15 is 0 Å². The van der Waals surface area contributed by atoms with Crippen molar-refractivity contribution in [2.45, 2.75) is 20.3 Å². The van der Waals surface area contributed by atoms with E-state index in [1.54, 1.807) is 0 Å². The van der Waals surface area contributed by atoms with Crippen LogP contribution < -0.4 is 0 Å². The van der Waals surface area contributed by atoms with Crippen LogP contribution in [-0.4, -0.2) is 0 Å². The summed E-state index contributed by atoms with van der Waals surface area (Å²) in [6.07, 6.45) is 7.52. The molecule has 0 N–H and O–H groups in total. The van der Waals surface area contributed by atoms with Crippen LogP contribution in [0.2, 0.25) is 0 Å². The molecular formula is C9H13Cl. The lowest BCUT2D eigenvalue weighted by Crippen LogP contribution is -2.08. The van der Waals surface area contributed by atoms with E-state index in [4.69, 9.17) is 11.6 Å². The van der Waals surface area contributed by atoms with Crippen molar-refractivity contribution in [2.24, 2.45) is 11.8 Å². The molecule has 0 aromatic carbocycles. The normalized spacial score (nSPS) is 32.1. The summed E-state index contributed by atoms with van der Waals surface area (Å²) in [7, 11) is 0. The number of allylic oxidation sites excluding steroid dienone is 4. The molecule has 2 atom stereocenters. The van der Waals surface area contributed by atoms with E-state index in [0.717, 1.165) is 5.03 Å². The van der Waals surface area contributed by atoms with Gasteiger partial charge in [-0.3, -0.25) is 0 Å². The minimum Gasteiger partial charge on any atom is -0.0847 e. The maximum absolute atomic E-state index is 5.81. The first kappa shape index (κ1) is 7.87. The summed E-state index contributed by atoms with van der Waals surface area (Å²) in [5, 5.41) is 0.886. The molecule has 0 amide bonds. The molecule has 0 saturated carbocycles. The highest BCUT2D eigenvalue weighted by Crippen LogP contribution is 2.26. The van der Waals surface area contributed by atoms with Crippen LogP contribution in [0.1, 0.15) is 20.3 Å². The molecule has 1 heteroatoms. The first-order valence-electron chi connectivity index (χ1n) is 3.79. The molecule has 0 bridgehead atoms. The SMILES string of the molecule is CCC1C=CC(Cl)=C[C@H]1C. The number of hydrogen-bond donors (Lipinski definition) is 0. The highest BCUT2D eigenvalue weighted by Gasteiger charge is 2.13. The Morgan fingerprint density at radius 1 is 1.60 bits per heavy atom. The molecule has 0 nitrogen and oxygen atoms in total. The maximum Gasteiger partial charge on any atom is 0.0365 e. The predicted octanol–water partition coefficient (Wildman–Crippen LogP) is 3.34. The summed E-state index contributed by atoms with van der Waals surface area (Å²) >= 11 is 5.81. The third kappa shape index (κ3) is 1.63. The Morgan fingerprint density at radius 3 is 2.80 bits per heavy atom. The van der Waals surface area contributed by atoms with Crippen LogP contribution in [-0.2, 0) is 0 Å². The lowest BCUT2D eigenvalue weighted by atomic mass is 9.88. The summed E-state index contributed by atoms with van der Waals surface area (Å²) < 4.78 is 0. The van der Waals surface area contributed by atoms with E-state index in [2.05, 4.69) is 26.0 Å². The first-order valence-corrected chi connectivity index (χ1v) is 4.17. The second-order valence-corrected chi connectivity index (χ2v) is 3.28. The monoisotopic (exact) mass is 156 g/mol. The third-order valence-corrected chi connectivity index (χ3v) is 2.32. The van der Waals surface area contributed by atoms with E-state index < -0.39 is 0 Å². The first-order chi connectivity index (χ1) is 4.74. The summed E-state index contributed by atoms with van der Waals surface area (Å²) in [6.45, 7) is 4.42. The Balaban J connectivity index is 2.64. The van der Waals surface area contributed by atoms with Gasteiger partial charge in [0, 0.05) is 5.03 Å². The number of rotatable bonds is 1. The molecule has 1 rings (SSSR count). The molecule has 10 heavy (non-hydrogen) atoms. The second kappa shape index (κ2) is 3.25. The van der Waals surface area contributed by atoms with Crippen LogP contribution in [0, 0.1) is 11.8 Å². The fourth-order valence-electron chi connectivity index (χ4n) is 1.33. The molecule has 0 aromatic rings. The highest BCUT2D eigenvalue weighted by atomic mass is 35.5. The van der Waals surface area contributed by atoms with Crippen molar-refractivity contribution >= 4 is 11.6 Å². The van der Waals surface area contributed by atoms with Crippen molar-refractivity contribution in [3.63, 3.8) is 0 Å². The Labute approximate surface area is 67.6 Å². The molecule has 0 aromatic heterocycles. The standard InChI is InChI=1S/C9H13Cl/c1-3-8-4-5-9(10)6-7(8)2/h4-8H,3H2,1-2H3/t7-,8?/m1/s1. The molecule has 0 aliphatic heterocycles. The lowest BCUT2D eigenvalue weighted by Gasteiger charge is -2.19. The molecule has 0 radical (unpaired) electrons. The maximum atomic E-state index is 5.81. The van der Waals surface area contributed by atoms with Gasteiger partial charge in [0.25, 0.3) is 0 Å². The van der Waals surface area contributed by atoms with Crippen molar-refractivity contribution in [2.75, 3.05) is 0 Å². The topological polar surface area (TPSA) is 0 Å². The second-order valence-electron chi connectivity index (χ2n) is 2.84. The van der Waals surface area contributed by atoms with Crippen LogP contribution >= 0.6 is 11.6 Å². The third-order valence-electron chi connectivity index (χ3n) is 2.07. The van der Waals surface area contributed by atoms with Crippen molar-refractivity contribution in [1.82, 2.24) is 0 Å². The molecule has 1 aliphatic carbocycles. The Hall–Kier alpha value is -0.230. The molecule has 0 saturated heterocycles. The Bertz CT molecular complexity index is 168. The number of halogens is 1. The Kier molecular flexibility index (Phi) is 2.56. The summed E-state index contributed by atoms with van der Waals surface area (Å²) in [5.41, 5.74) is 0. The minimum absolute atomic E-state index is 0.613. The lowest BCUT2D eigenvalue weighted by molar-refractivity contribution is 0.491. The van der Waals surface area contributed by atoms with Gasteiger partial charge >= 0.3 is 0 Å². The fourth-order valence-corrected chi connectivity index (χ4v) is 1.60. The fraction of sp³-hybridized carbons (Fsp3) is 0.556. The molecule has 0 fully saturated rings. The number of hydrogen-bond acceptors (Lipinski definition) is 0. The zero-order valence-electron chi connectivity index (χ0n) is 6.47. The van der Waals surface area contributed by atoms with Crippen LogP contribution in [0.5, 0.6) is 0 Å². The molecule has 0 heterocycles. The van der Waals surface area contributed by atoms with E-state index in [1.807, 2.05) is 6.08 Å². The predicted molar refractivity (Wildman–Crippen MR) is 46.0 cm³/mol. The van der Waals surface area contributed by atoms with Gasteiger partial charge in [0.15, 0.2) is 0 Å². The zero-order valence-corrected chi connectivity index (χ0v) is 7.23. The average molecular weight is 157 g/mol. The smallest absolute Gasteiger partial charge is 0.0365 e. The summed E-state index contributed by atoms with van der Waals surface area (Å²) in [6, 6.07) is 0. The highest BCUT2D eigenvalue weighted by molar-refractivity contribution is 6.31. The summed E-state index contributed by atoms with van der Waals surface area (Å²) in [4.78, 5) is 0. The van der Waals surface area contributed by atoms with E-state index in [0.29, 0.717) is 11.8 Å². The van der Waals surface area contributed by atoms with Crippen LogP contribution in [0.15, 0.2) is 23.3 Å². The van der Waals surface area contributed by atoms with Gasteiger partial charge < -0.3 is 0 Å². The molecule has 0 spiro atoms. The molecular weight excluding hydrogens is 144 g/mol. The van der Waals surface area contributed by atoms with Crippen LogP contribution in [0.4, 0.5) is 0 Å². The average Bonchev–Trinajstić information content (AvgIpc) is 1.88. The van der Waals surface area contributed by atoms with E-state index in [-0.39, 0.29) is 0 Å². The van der Waals surface area contributed by atoms with Crippen molar-refractivity contribution < 1.29 is 0 Å². The van der Waals surface area contributed by atoms with Gasteiger partial charge in [-0.2, -0.15) is 0 Å². The van der Waals surface area contributed by atoms with Gasteiger partial charge in [-0.25, -0.2) is 0 Å². The van der Waals surface area contributed by atoms with Crippen molar-refractivity contribution in [3.05, 3.63) is 23.3 Å². The van der Waals surface area contributed by atoms with E-state index in [1.165, 1.54) is 6.42 Å². The van der Waals surface area contributed by atoms with Gasteiger partial charge in [-0.05, 0) is 24.3 Å². The largest absolute Gasteiger partial charge is 0.0847 e. The Morgan fingerprint density at radius 2 is 2.30 bits per heavy atom. The van der Waals surface area contributed by atoms with Gasteiger partial charge in [-0.15, -0.1) is 0 Å². The van der Waals surface area contributed by atoms with Gasteiger partial charge in [0.05, 0.1) is 0 Å². The quantitative estimate of drug-likeness (QED) is 0.546. The van der Waals surface area contributed by atoms with E-state index in [9.17, 15) is 0 Å². The zero-order chi connectivity index (χ0) is 7.56.